The quantitative estimate of drug-likeness (QED) is 0.646. The molecule has 1 aliphatic heterocycles. The zero-order valence-corrected chi connectivity index (χ0v) is 11.1. The molecule has 0 aromatic rings. The highest BCUT2D eigenvalue weighted by Crippen LogP contribution is 2.27. The first-order valence-corrected chi connectivity index (χ1v) is 5.55. The van der Waals surface area contributed by atoms with Crippen molar-refractivity contribution in [2.45, 2.75) is 58.0 Å². The van der Waals surface area contributed by atoms with E-state index in [0.29, 0.717) is 11.1 Å². The molecule has 0 aliphatic carbocycles. The first-order valence-electron chi connectivity index (χ1n) is 5.55. The summed E-state index contributed by atoms with van der Waals surface area (Å²) in [5.74, 6) is 0. The zero-order valence-electron chi connectivity index (χ0n) is 11.1. The summed E-state index contributed by atoms with van der Waals surface area (Å²) >= 11 is 0. The molecule has 1 saturated heterocycles. The maximum absolute atomic E-state index is 3.63. The summed E-state index contributed by atoms with van der Waals surface area (Å²) in [5, 5.41) is 3.63. The van der Waals surface area contributed by atoms with Gasteiger partial charge in [0.25, 0.3) is 0 Å². The minimum Gasteiger partial charge on any atom is -0.312 e. The van der Waals surface area contributed by atoms with Crippen molar-refractivity contribution >= 4 is 0 Å². The second-order valence-corrected chi connectivity index (χ2v) is 6.09. The largest absolute Gasteiger partial charge is 0.312 e. The Labute approximate surface area is 90.1 Å². The van der Waals surface area contributed by atoms with E-state index in [1.165, 1.54) is 19.3 Å². The molecule has 1 N–H and O–H groups in total. The highest BCUT2D eigenvalue weighted by molar-refractivity contribution is 4.92. The van der Waals surface area contributed by atoms with Gasteiger partial charge in [-0.15, -0.1) is 0 Å². The molecule has 2 nitrogen and oxygen atoms in total. The minimum atomic E-state index is 0.363. The van der Waals surface area contributed by atoms with Crippen LogP contribution in [-0.2, 0) is 0 Å². The molecular weight excluding hydrogens is 172 g/mol. The Bertz CT molecular complexity index is 143. The van der Waals surface area contributed by atoms with E-state index in [0.717, 1.165) is 0 Å². The van der Waals surface area contributed by atoms with Gasteiger partial charge in [0.05, 0.1) is 0 Å². The second-order valence-electron chi connectivity index (χ2n) is 6.09. The molecule has 0 radical (unpaired) electrons. The monoisotopic (exact) mass is 200 g/mol. The molecule has 1 heterocycles. The van der Waals surface area contributed by atoms with Gasteiger partial charge in [0.2, 0.25) is 0 Å². The lowest BCUT2D eigenvalue weighted by Crippen LogP contribution is -2.55. The Balaban J connectivity index is 0.000000364. The fraction of sp³-hybridized carbons (Fsp3) is 1.00. The molecular formula is C12H28N2. The fourth-order valence-corrected chi connectivity index (χ4v) is 2.01. The molecule has 1 rings (SSSR count). The van der Waals surface area contributed by atoms with Crippen molar-refractivity contribution in [1.29, 1.82) is 0 Å². The fourth-order valence-electron chi connectivity index (χ4n) is 2.01. The SMILES string of the molecule is CC1(C)CCCC(C)(C)N1.CN(C)C. The Hall–Kier alpha value is -0.0800. The van der Waals surface area contributed by atoms with Crippen molar-refractivity contribution in [2.75, 3.05) is 21.1 Å². The van der Waals surface area contributed by atoms with E-state index in [1.807, 2.05) is 26.0 Å². The molecule has 86 valence electrons. The van der Waals surface area contributed by atoms with Crippen molar-refractivity contribution in [3.63, 3.8) is 0 Å². The lowest BCUT2D eigenvalue weighted by molar-refractivity contribution is 0.183. The van der Waals surface area contributed by atoms with E-state index in [9.17, 15) is 0 Å². The molecule has 1 aliphatic rings. The number of nitrogens with one attached hydrogen (secondary N) is 1. The third-order valence-corrected chi connectivity index (χ3v) is 2.28. The van der Waals surface area contributed by atoms with Crippen LogP contribution in [0.4, 0.5) is 0 Å². The average molecular weight is 200 g/mol. The summed E-state index contributed by atoms with van der Waals surface area (Å²) in [7, 11) is 6.00. The number of hydrogen-bond donors (Lipinski definition) is 1. The molecule has 0 saturated carbocycles. The number of nitrogens with zero attached hydrogens (tertiary/aromatic N) is 1. The van der Waals surface area contributed by atoms with Gasteiger partial charge >= 0.3 is 0 Å². The van der Waals surface area contributed by atoms with Crippen molar-refractivity contribution < 1.29 is 0 Å². The Morgan fingerprint density at radius 1 is 0.857 bits per heavy atom. The minimum absolute atomic E-state index is 0.363. The zero-order chi connectivity index (χ0) is 11.4. The number of piperidine rings is 1. The topological polar surface area (TPSA) is 15.3 Å². The van der Waals surface area contributed by atoms with Crippen LogP contribution in [0, 0.1) is 0 Å². The molecule has 0 unspecified atom stereocenters. The van der Waals surface area contributed by atoms with Crippen LogP contribution >= 0.6 is 0 Å². The summed E-state index contributed by atoms with van der Waals surface area (Å²) in [6, 6.07) is 0. The molecule has 1 fully saturated rings. The van der Waals surface area contributed by atoms with Crippen molar-refractivity contribution in [1.82, 2.24) is 10.2 Å². The molecule has 0 atom stereocenters. The molecule has 14 heavy (non-hydrogen) atoms. The van der Waals surface area contributed by atoms with Gasteiger partial charge in [-0.25, -0.2) is 0 Å². The first-order chi connectivity index (χ1) is 6.15. The van der Waals surface area contributed by atoms with E-state index < -0.39 is 0 Å². The van der Waals surface area contributed by atoms with Crippen molar-refractivity contribution in [3.8, 4) is 0 Å². The van der Waals surface area contributed by atoms with Gasteiger partial charge in [-0.05, 0) is 68.1 Å². The maximum Gasteiger partial charge on any atom is 0.0130 e. The van der Waals surface area contributed by atoms with Crippen LogP contribution in [0.3, 0.4) is 0 Å². The lowest BCUT2D eigenvalue weighted by Gasteiger charge is -2.42. The van der Waals surface area contributed by atoms with Gasteiger partial charge < -0.3 is 10.2 Å². The molecule has 0 aromatic heterocycles. The van der Waals surface area contributed by atoms with Gasteiger partial charge in [-0.1, -0.05) is 0 Å². The van der Waals surface area contributed by atoms with Gasteiger partial charge in [0.1, 0.15) is 0 Å². The van der Waals surface area contributed by atoms with Crippen LogP contribution in [0.1, 0.15) is 47.0 Å². The Kier molecular flexibility index (Phi) is 5.10. The summed E-state index contributed by atoms with van der Waals surface area (Å²) in [4.78, 5) is 2.00. The first kappa shape index (κ1) is 13.9. The van der Waals surface area contributed by atoms with E-state index in [2.05, 4.69) is 33.0 Å². The molecule has 0 spiro atoms. The van der Waals surface area contributed by atoms with Crippen LogP contribution in [0.15, 0.2) is 0 Å². The third kappa shape index (κ3) is 7.34. The van der Waals surface area contributed by atoms with Crippen LogP contribution in [0.2, 0.25) is 0 Å². The Morgan fingerprint density at radius 3 is 1.29 bits per heavy atom. The van der Waals surface area contributed by atoms with Crippen LogP contribution in [-0.4, -0.2) is 37.1 Å². The summed E-state index contributed by atoms with van der Waals surface area (Å²) in [6.45, 7) is 9.14. The molecule has 0 aromatic carbocycles. The third-order valence-electron chi connectivity index (χ3n) is 2.28. The second kappa shape index (κ2) is 5.13. The Morgan fingerprint density at radius 2 is 1.14 bits per heavy atom. The van der Waals surface area contributed by atoms with E-state index in [1.54, 1.807) is 0 Å². The smallest absolute Gasteiger partial charge is 0.0130 e. The number of hydrogen-bond acceptors (Lipinski definition) is 2. The average Bonchev–Trinajstić information content (AvgIpc) is 1.78. The van der Waals surface area contributed by atoms with Crippen molar-refractivity contribution in [3.05, 3.63) is 0 Å². The number of rotatable bonds is 0. The van der Waals surface area contributed by atoms with Crippen LogP contribution < -0.4 is 5.32 Å². The molecule has 0 bridgehead atoms. The standard InChI is InChI=1S/C9H19N.C3H9N/c1-8(2)6-5-7-9(3,4)10-8;1-4(2)3/h10H,5-7H2,1-4H3;1-3H3. The van der Waals surface area contributed by atoms with Gasteiger partial charge in [0.15, 0.2) is 0 Å². The molecule has 0 amide bonds. The van der Waals surface area contributed by atoms with E-state index in [-0.39, 0.29) is 0 Å². The lowest BCUT2D eigenvalue weighted by atomic mass is 9.83. The summed E-state index contributed by atoms with van der Waals surface area (Å²) in [6.07, 6.45) is 4.00. The van der Waals surface area contributed by atoms with Crippen molar-refractivity contribution in [2.24, 2.45) is 0 Å². The highest BCUT2D eigenvalue weighted by atomic mass is 15.0. The molecule has 2 heteroatoms. The van der Waals surface area contributed by atoms with E-state index >= 15 is 0 Å². The normalized spacial score (nSPS) is 24.0. The van der Waals surface area contributed by atoms with Crippen LogP contribution in [0.25, 0.3) is 0 Å². The predicted molar refractivity (Wildman–Crippen MR) is 64.8 cm³/mol. The van der Waals surface area contributed by atoms with Gasteiger partial charge in [0, 0.05) is 11.1 Å². The van der Waals surface area contributed by atoms with Gasteiger partial charge in [-0.3, -0.25) is 0 Å². The highest BCUT2D eigenvalue weighted by Gasteiger charge is 2.31. The van der Waals surface area contributed by atoms with Crippen LogP contribution in [0.5, 0.6) is 0 Å². The summed E-state index contributed by atoms with van der Waals surface area (Å²) in [5.41, 5.74) is 0.726. The van der Waals surface area contributed by atoms with Gasteiger partial charge in [-0.2, -0.15) is 0 Å². The van der Waals surface area contributed by atoms with E-state index in [4.69, 9.17) is 0 Å². The maximum atomic E-state index is 3.63. The summed E-state index contributed by atoms with van der Waals surface area (Å²) < 4.78 is 0. The predicted octanol–water partition coefficient (Wildman–Crippen LogP) is 2.49.